The van der Waals surface area contributed by atoms with Crippen LogP contribution in [0.1, 0.15) is 41.5 Å². The minimum absolute atomic E-state index is 0.0370. The molecule has 1 aliphatic rings. The van der Waals surface area contributed by atoms with Gasteiger partial charge in [0.25, 0.3) is 0 Å². The zero-order valence-corrected chi connectivity index (χ0v) is 15.6. The van der Waals surface area contributed by atoms with Gasteiger partial charge in [-0.15, -0.1) is 0 Å². The number of aromatic nitrogens is 3. The van der Waals surface area contributed by atoms with E-state index in [1.165, 1.54) is 5.56 Å². The van der Waals surface area contributed by atoms with E-state index in [1.54, 1.807) is 6.92 Å². The lowest BCUT2D eigenvalue weighted by molar-refractivity contribution is 0.101. The Hall–Kier alpha value is -3.34. The van der Waals surface area contributed by atoms with Gasteiger partial charge in [0.15, 0.2) is 11.6 Å². The number of nitrogens with zero attached hydrogens (tertiary/aromatic N) is 3. The van der Waals surface area contributed by atoms with Crippen molar-refractivity contribution >= 4 is 33.4 Å². The Morgan fingerprint density at radius 3 is 2.64 bits per heavy atom. The molecule has 5 rings (SSSR count). The molecule has 0 unspecified atom stereocenters. The summed E-state index contributed by atoms with van der Waals surface area (Å²) in [7, 11) is 0. The number of carbonyl (C=O) groups is 1. The van der Waals surface area contributed by atoms with Crippen molar-refractivity contribution in [1.82, 2.24) is 15.0 Å². The highest BCUT2D eigenvalue weighted by atomic mass is 16.1. The highest BCUT2D eigenvalue weighted by Gasteiger charge is 2.23. The summed E-state index contributed by atoms with van der Waals surface area (Å²) in [6.45, 7) is 1.57. The van der Waals surface area contributed by atoms with E-state index < -0.39 is 0 Å². The van der Waals surface area contributed by atoms with Gasteiger partial charge in [0.05, 0.1) is 5.52 Å². The molecule has 28 heavy (non-hydrogen) atoms. The van der Waals surface area contributed by atoms with Gasteiger partial charge in [0, 0.05) is 35.0 Å². The molecule has 4 aromatic rings. The quantitative estimate of drug-likeness (QED) is 0.414. The Bertz CT molecular complexity index is 1200. The summed E-state index contributed by atoms with van der Waals surface area (Å²) < 4.78 is 0. The third-order valence-corrected chi connectivity index (χ3v) is 5.11. The van der Waals surface area contributed by atoms with Gasteiger partial charge in [-0.2, -0.15) is 0 Å². The van der Waals surface area contributed by atoms with Crippen LogP contribution in [-0.4, -0.2) is 26.8 Å². The molecule has 0 spiro atoms. The molecule has 1 saturated carbocycles. The van der Waals surface area contributed by atoms with E-state index in [4.69, 9.17) is 9.97 Å². The van der Waals surface area contributed by atoms with Crippen LogP contribution in [0.2, 0.25) is 0 Å². The van der Waals surface area contributed by atoms with Crippen LogP contribution in [0.4, 0.5) is 5.82 Å². The molecular formula is C23H20N4O. The molecule has 2 aromatic carbocycles. The van der Waals surface area contributed by atoms with Crippen molar-refractivity contribution in [2.24, 2.45) is 0 Å². The Balaban J connectivity index is 1.67. The molecule has 0 saturated heterocycles. The van der Waals surface area contributed by atoms with Crippen LogP contribution in [0.15, 0.2) is 54.7 Å². The Morgan fingerprint density at radius 1 is 1.07 bits per heavy atom. The third kappa shape index (κ3) is 3.20. The van der Waals surface area contributed by atoms with Gasteiger partial charge in [-0.3, -0.25) is 4.79 Å². The standard InChI is InChI=1S/C23H20N4O/c1-14(28)16-7-10-18-19-13-24-21(11-15-5-3-2-4-6-15)27-22(19)23(25-17-8-9-17)26-20(18)12-16/h2-7,10,12-13,17H,8-9,11H2,1H3,(H,25,26). The minimum atomic E-state index is 0.0370. The SMILES string of the molecule is CC(=O)c1ccc2c(c1)nc(NC1CC1)c1nc(Cc3ccccc3)ncc12. The molecule has 0 atom stereocenters. The maximum Gasteiger partial charge on any atom is 0.159 e. The molecule has 5 heteroatoms. The normalized spacial score (nSPS) is 13.8. The van der Waals surface area contributed by atoms with Gasteiger partial charge >= 0.3 is 0 Å². The van der Waals surface area contributed by atoms with Gasteiger partial charge in [-0.1, -0.05) is 42.5 Å². The molecule has 0 radical (unpaired) electrons. The summed E-state index contributed by atoms with van der Waals surface area (Å²) in [6.07, 6.45) is 4.87. The van der Waals surface area contributed by atoms with E-state index >= 15 is 0 Å². The Kier molecular flexibility index (Phi) is 4.01. The van der Waals surface area contributed by atoms with Gasteiger partial charge in [0.2, 0.25) is 0 Å². The summed E-state index contributed by atoms with van der Waals surface area (Å²) in [5.74, 6) is 1.59. The summed E-state index contributed by atoms with van der Waals surface area (Å²) in [6, 6.07) is 16.3. The first-order chi connectivity index (χ1) is 13.7. The van der Waals surface area contributed by atoms with Crippen LogP contribution < -0.4 is 5.32 Å². The number of hydrogen-bond acceptors (Lipinski definition) is 5. The zero-order chi connectivity index (χ0) is 19.1. The van der Waals surface area contributed by atoms with E-state index in [0.717, 1.165) is 46.3 Å². The number of nitrogens with one attached hydrogen (secondary N) is 1. The molecule has 2 aromatic heterocycles. The van der Waals surface area contributed by atoms with Crippen LogP contribution in [-0.2, 0) is 6.42 Å². The van der Waals surface area contributed by atoms with Gasteiger partial charge < -0.3 is 5.32 Å². The van der Waals surface area contributed by atoms with Gasteiger partial charge in [-0.05, 0) is 31.4 Å². The number of anilines is 1. The van der Waals surface area contributed by atoms with Crippen LogP contribution in [0.3, 0.4) is 0 Å². The van der Waals surface area contributed by atoms with E-state index in [1.807, 2.05) is 42.6 Å². The second-order valence-electron chi connectivity index (χ2n) is 7.38. The fourth-order valence-electron chi connectivity index (χ4n) is 3.43. The van der Waals surface area contributed by atoms with Crippen molar-refractivity contribution in [3.63, 3.8) is 0 Å². The zero-order valence-electron chi connectivity index (χ0n) is 15.6. The molecule has 5 nitrogen and oxygen atoms in total. The first-order valence-electron chi connectivity index (χ1n) is 9.58. The number of rotatable bonds is 5. The minimum Gasteiger partial charge on any atom is -0.366 e. The summed E-state index contributed by atoms with van der Waals surface area (Å²) in [4.78, 5) is 26.1. The molecule has 138 valence electrons. The smallest absolute Gasteiger partial charge is 0.159 e. The van der Waals surface area contributed by atoms with E-state index in [-0.39, 0.29) is 5.78 Å². The molecule has 1 fully saturated rings. The predicted molar refractivity (Wildman–Crippen MR) is 111 cm³/mol. The molecule has 1 aliphatic carbocycles. The van der Waals surface area contributed by atoms with Crippen LogP contribution >= 0.6 is 0 Å². The largest absolute Gasteiger partial charge is 0.366 e. The second kappa shape index (κ2) is 6.68. The van der Waals surface area contributed by atoms with Crippen LogP contribution in [0.5, 0.6) is 0 Å². The van der Waals surface area contributed by atoms with Crippen LogP contribution in [0, 0.1) is 0 Å². The molecule has 0 amide bonds. The number of pyridine rings is 1. The second-order valence-corrected chi connectivity index (χ2v) is 7.38. The summed E-state index contributed by atoms with van der Waals surface area (Å²) in [5.41, 5.74) is 3.48. The average molecular weight is 368 g/mol. The number of benzene rings is 2. The predicted octanol–water partition coefficient (Wildman–Crippen LogP) is 4.55. The van der Waals surface area contributed by atoms with E-state index in [0.29, 0.717) is 18.0 Å². The summed E-state index contributed by atoms with van der Waals surface area (Å²) >= 11 is 0. The molecule has 0 aliphatic heterocycles. The summed E-state index contributed by atoms with van der Waals surface area (Å²) in [5, 5.41) is 5.43. The maximum absolute atomic E-state index is 11.8. The van der Waals surface area contributed by atoms with E-state index in [9.17, 15) is 4.79 Å². The number of carbonyl (C=O) groups excluding carboxylic acids is 1. The first-order valence-corrected chi connectivity index (χ1v) is 9.58. The maximum atomic E-state index is 11.8. The van der Waals surface area contributed by atoms with Crippen molar-refractivity contribution in [3.8, 4) is 0 Å². The Morgan fingerprint density at radius 2 is 1.89 bits per heavy atom. The lowest BCUT2D eigenvalue weighted by Gasteiger charge is -2.12. The molecule has 0 bridgehead atoms. The van der Waals surface area contributed by atoms with Gasteiger partial charge in [0.1, 0.15) is 11.3 Å². The fourth-order valence-corrected chi connectivity index (χ4v) is 3.43. The van der Waals surface area contributed by atoms with Gasteiger partial charge in [-0.25, -0.2) is 15.0 Å². The molecule has 1 N–H and O–H groups in total. The van der Waals surface area contributed by atoms with Crippen molar-refractivity contribution in [3.05, 3.63) is 71.7 Å². The van der Waals surface area contributed by atoms with Crippen molar-refractivity contribution in [2.45, 2.75) is 32.2 Å². The lowest BCUT2D eigenvalue weighted by Crippen LogP contribution is -2.07. The molecular weight excluding hydrogens is 348 g/mol. The van der Waals surface area contributed by atoms with Crippen molar-refractivity contribution in [1.29, 1.82) is 0 Å². The number of ketones is 1. The third-order valence-electron chi connectivity index (χ3n) is 5.11. The first kappa shape index (κ1) is 16.8. The van der Waals surface area contributed by atoms with Crippen LogP contribution in [0.25, 0.3) is 21.8 Å². The van der Waals surface area contributed by atoms with E-state index in [2.05, 4.69) is 22.4 Å². The van der Waals surface area contributed by atoms with Crippen molar-refractivity contribution in [2.75, 3.05) is 5.32 Å². The van der Waals surface area contributed by atoms with Crippen molar-refractivity contribution < 1.29 is 4.79 Å². The Labute approximate surface area is 162 Å². The number of fused-ring (bicyclic) bond motifs is 3. The topological polar surface area (TPSA) is 67.8 Å². The fraction of sp³-hybridized carbons (Fsp3) is 0.217. The highest BCUT2D eigenvalue weighted by molar-refractivity contribution is 6.10. The number of hydrogen-bond donors (Lipinski definition) is 1. The molecule has 2 heterocycles. The monoisotopic (exact) mass is 368 g/mol. The lowest BCUT2D eigenvalue weighted by atomic mass is 10.1. The number of Topliss-reactive ketones (excluding diaryl/α,β-unsaturated/α-hetero) is 1. The average Bonchev–Trinajstić information content (AvgIpc) is 3.52. The highest BCUT2D eigenvalue weighted by Crippen LogP contribution is 2.32.